The number of aryl methyl sites for hydroxylation is 1. The molecule has 0 aliphatic carbocycles. The number of aromatic nitrogens is 2. The van der Waals surface area contributed by atoms with Crippen molar-refractivity contribution < 1.29 is 24.6 Å². The summed E-state index contributed by atoms with van der Waals surface area (Å²) in [6.45, 7) is 0.386. The average Bonchev–Trinajstić information content (AvgIpc) is 2.84. The topological polar surface area (TPSA) is 122 Å². The molecule has 0 bridgehead atoms. The van der Waals surface area contributed by atoms with E-state index in [2.05, 4.69) is 10.3 Å². The molecule has 3 N–H and O–H groups in total. The highest BCUT2D eigenvalue weighted by molar-refractivity contribution is 5.83. The van der Waals surface area contributed by atoms with Crippen LogP contribution in [0.15, 0.2) is 18.7 Å². The fourth-order valence-corrected chi connectivity index (χ4v) is 1.44. The zero-order valence-electron chi connectivity index (χ0n) is 10.2. The maximum Gasteiger partial charge on any atom is 0.326 e. The maximum absolute atomic E-state index is 11.5. The van der Waals surface area contributed by atoms with Crippen molar-refractivity contribution in [2.45, 2.75) is 31.8 Å². The molecule has 1 aromatic heterocycles. The van der Waals surface area contributed by atoms with Gasteiger partial charge in [-0.3, -0.25) is 9.59 Å². The van der Waals surface area contributed by atoms with Crippen LogP contribution in [0, 0.1) is 0 Å². The van der Waals surface area contributed by atoms with E-state index in [0.29, 0.717) is 6.54 Å². The number of carbonyl (C=O) groups is 3. The van der Waals surface area contributed by atoms with Crippen LogP contribution in [0.25, 0.3) is 0 Å². The van der Waals surface area contributed by atoms with E-state index in [1.54, 1.807) is 23.3 Å². The normalized spacial score (nSPS) is 11.8. The zero-order valence-corrected chi connectivity index (χ0v) is 10.2. The average molecular weight is 269 g/mol. The summed E-state index contributed by atoms with van der Waals surface area (Å²) in [5.41, 5.74) is 0. The van der Waals surface area contributed by atoms with Gasteiger partial charge in [0, 0.05) is 31.8 Å². The minimum absolute atomic E-state index is 0.104. The third kappa shape index (κ3) is 5.66. The van der Waals surface area contributed by atoms with Crippen LogP contribution in [0.3, 0.4) is 0 Å². The van der Waals surface area contributed by atoms with Gasteiger partial charge in [-0.2, -0.15) is 0 Å². The number of amides is 1. The highest BCUT2D eigenvalue weighted by Gasteiger charge is 2.20. The summed E-state index contributed by atoms with van der Waals surface area (Å²) in [5, 5.41) is 19.7. The molecule has 19 heavy (non-hydrogen) atoms. The zero-order chi connectivity index (χ0) is 14.3. The van der Waals surface area contributed by atoms with Crippen LogP contribution in [-0.4, -0.2) is 43.7 Å². The maximum atomic E-state index is 11.5. The van der Waals surface area contributed by atoms with Crippen molar-refractivity contribution >= 4 is 17.8 Å². The van der Waals surface area contributed by atoms with E-state index in [0.717, 1.165) is 0 Å². The number of hydrogen-bond donors (Lipinski definition) is 3. The van der Waals surface area contributed by atoms with Gasteiger partial charge in [-0.25, -0.2) is 9.78 Å². The van der Waals surface area contributed by atoms with E-state index in [1.165, 1.54) is 0 Å². The number of hydrogen-bond acceptors (Lipinski definition) is 4. The van der Waals surface area contributed by atoms with Crippen LogP contribution < -0.4 is 5.32 Å². The number of nitrogens with zero attached hydrogens (tertiary/aromatic N) is 2. The fraction of sp³-hybridized carbons (Fsp3) is 0.455. The summed E-state index contributed by atoms with van der Waals surface area (Å²) in [6, 6.07) is -1.17. The predicted molar refractivity (Wildman–Crippen MR) is 63.3 cm³/mol. The van der Waals surface area contributed by atoms with Crippen LogP contribution in [0.4, 0.5) is 0 Å². The van der Waals surface area contributed by atoms with E-state index in [-0.39, 0.29) is 19.3 Å². The van der Waals surface area contributed by atoms with Gasteiger partial charge in [0.25, 0.3) is 0 Å². The van der Waals surface area contributed by atoms with Crippen LogP contribution in [-0.2, 0) is 20.9 Å². The Kier molecular flexibility index (Phi) is 5.52. The molecule has 0 radical (unpaired) electrons. The molecule has 104 valence electrons. The van der Waals surface area contributed by atoms with Crippen molar-refractivity contribution in [1.29, 1.82) is 0 Å². The molecule has 0 aliphatic rings. The molecule has 0 saturated carbocycles. The van der Waals surface area contributed by atoms with Crippen molar-refractivity contribution in [2.24, 2.45) is 0 Å². The Bertz CT molecular complexity index is 443. The third-order valence-electron chi connectivity index (χ3n) is 2.44. The second kappa shape index (κ2) is 7.14. The van der Waals surface area contributed by atoms with Gasteiger partial charge in [-0.15, -0.1) is 0 Å². The molecule has 0 saturated heterocycles. The first kappa shape index (κ1) is 14.7. The van der Waals surface area contributed by atoms with E-state index >= 15 is 0 Å². The summed E-state index contributed by atoms with van der Waals surface area (Å²) >= 11 is 0. The lowest BCUT2D eigenvalue weighted by molar-refractivity contribution is -0.143. The highest BCUT2D eigenvalue weighted by Crippen LogP contribution is 1.99. The van der Waals surface area contributed by atoms with E-state index in [9.17, 15) is 14.4 Å². The standard InChI is InChI=1S/C11H15N3O5/c15-9(3-5-14-6-4-12-7-14)13-8(11(18)19)1-2-10(16)17/h4,6-8H,1-3,5H2,(H,13,15)(H,16,17)(H,18,19)/t8-/m0/s1. The van der Waals surface area contributed by atoms with Crippen LogP contribution in [0.5, 0.6) is 0 Å². The first-order chi connectivity index (χ1) is 8.99. The second-order valence-corrected chi connectivity index (χ2v) is 3.94. The highest BCUT2D eigenvalue weighted by atomic mass is 16.4. The van der Waals surface area contributed by atoms with Crippen molar-refractivity contribution in [1.82, 2.24) is 14.9 Å². The van der Waals surface area contributed by atoms with Crippen molar-refractivity contribution in [3.8, 4) is 0 Å². The van der Waals surface area contributed by atoms with Gasteiger partial charge < -0.3 is 20.1 Å². The molecule has 1 heterocycles. The molecule has 1 amide bonds. The number of aliphatic carboxylic acids is 2. The number of carbonyl (C=O) groups excluding carboxylic acids is 1. The summed E-state index contributed by atoms with van der Waals surface area (Å²) in [4.78, 5) is 36.6. The molecule has 1 rings (SSSR count). The lowest BCUT2D eigenvalue weighted by Crippen LogP contribution is -2.41. The number of imidazole rings is 1. The van der Waals surface area contributed by atoms with E-state index < -0.39 is 23.9 Å². The minimum atomic E-state index is -1.24. The van der Waals surface area contributed by atoms with E-state index in [1.807, 2.05) is 0 Å². The number of carboxylic acid groups (broad SMARTS) is 2. The summed E-state index contributed by atoms with van der Waals surface area (Å²) in [7, 11) is 0. The fourth-order valence-electron chi connectivity index (χ4n) is 1.44. The van der Waals surface area contributed by atoms with Crippen molar-refractivity contribution in [3.05, 3.63) is 18.7 Å². The van der Waals surface area contributed by atoms with Crippen LogP contribution in [0.2, 0.25) is 0 Å². The van der Waals surface area contributed by atoms with Crippen molar-refractivity contribution in [3.63, 3.8) is 0 Å². The first-order valence-corrected chi connectivity index (χ1v) is 5.68. The Morgan fingerprint density at radius 1 is 1.26 bits per heavy atom. The number of rotatable bonds is 8. The largest absolute Gasteiger partial charge is 0.481 e. The molecule has 1 aromatic rings. The van der Waals surface area contributed by atoms with Crippen LogP contribution in [0.1, 0.15) is 19.3 Å². The molecule has 0 unspecified atom stereocenters. The first-order valence-electron chi connectivity index (χ1n) is 5.68. The molecule has 0 aliphatic heterocycles. The van der Waals surface area contributed by atoms with E-state index in [4.69, 9.17) is 10.2 Å². The molecular formula is C11H15N3O5. The molecule has 0 spiro atoms. The Balaban J connectivity index is 2.38. The summed E-state index contributed by atoms with van der Waals surface area (Å²) < 4.78 is 1.69. The predicted octanol–water partition coefficient (Wildman–Crippen LogP) is -0.293. The van der Waals surface area contributed by atoms with Gasteiger partial charge >= 0.3 is 11.9 Å². The van der Waals surface area contributed by atoms with Crippen LogP contribution >= 0.6 is 0 Å². The second-order valence-electron chi connectivity index (χ2n) is 3.94. The van der Waals surface area contributed by atoms with Gasteiger partial charge in [0.15, 0.2) is 0 Å². The van der Waals surface area contributed by atoms with Gasteiger partial charge in [0.1, 0.15) is 6.04 Å². The monoisotopic (exact) mass is 269 g/mol. The molecular weight excluding hydrogens is 254 g/mol. The molecule has 8 heteroatoms. The van der Waals surface area contributed by atoms with Gasteiger partial charge in [0.05, 0.1) is 6.33 Å². The quantitative estimate of drug-likeness (QED) is 0.596. The lowest BCUT2D eigenvalue weighted by atomic mass is 10.1. The van der Waals surface area contributed by atoms with Gasteiger partial charge in [-0.05, 0) is 6.42 Å². The molecule has 0 aromatic carbocycles. The van der Waals surface area contributed by atoms with Gasteiger partial charge in [0.2, 0.25) is 5.91 Å². The number of carboxylic acids is 2. The Labute approximate surface area is 109 Å². The minimum Gasteiger partial charge on any atom is -0.481 e. The molecule has 1 atom stereocenters. The summed E-state index contributed by atoms with van der Waals surface area (Å²) in [6.07, 6.45) is 4.47. The van der Waals surface area contributed by atoms with Gasteiger partial charge in [-0.1, -0.05) is 0 Å². The van der Waals surface area contributed by atoms with Crippen molar-refractivity contribution in [2.75, 3.05) is 0 Å². The summed E-state index contributed by atoms with van der Waals surface area (Å²) in [5.74, 6) is -2.78. The molecule has 8 nitrogen and oxygen atoms in total. The number of nitrogens with one attached hydrogen (secondary N) is 1. The molecule has 0 fully saturated rings. The Hall–Kier alpha value is -2.38. The Morgan fingerprint density at radius 2 is 2.00 bits per heavy atom. The lowest BCUT2D eigenvalue weighted by Gasteiger charge is -2.13. The SMILES string of the molecule is O=C(O)CC[C@H](NC(=O)CCn1ccnc1)C(=O)O. The Morgan fingerprint density at radius 3 is 2.53 bits per heavy atom. The third-order valence-corrected chi connectivity index (χ3v) is 2.44. The smallest absolute Gasteiger partial charge is 0.326 e.